The molecule has 124 valence electrons. The molecular weight excluding hydrogens is 328 g/mol. The molecule has 0 spiro atoms. The van der Waals surface area contributed by atoms with Crippen molar-refractivity contribution in [2.45, 2.75) is 52.9 Å². The number of hydrogen-bond donors (Lipinski definition) is 0. The Kier molecular flexibility index (Phi) is 7.38. The van der Waals surface area contributed by atoms with Crippen LogP contribution in [0.15, 0.2) is 41.6 Å². The molecule has 0 radical (unpaired) electrons. The molecule has 0 aliphatic heterocycles. The van der Waals surface area contributed by atoms with Gasteiger partial charge in [-0.05, 0) is 74.1 Å². The monoisotopic (exact) mass is 352 g/mol. The second kappa shape index (κ2) is 9.53. The summed E-state index contributed by atoms with van der Waals surface area (Å²) in [7, 11) is 0. The van der Waals surface area contributed by atoms with Gasteiger partial charge in [0.25, 0.3) is 0 Å². The summed E-state index contributed by atoms with van der Waals surface area (Å²) in [5, 5.41) is 0. The minimum Gasteiger partial charge on any atom is -0.139 e. The van der Waals surface area contributed by atoms with Crippen LogP contribution in [-0.4, -0.2) is 0 Å². The van der Waals surface area contributed by atoms with Crippen LogP contribution in [0.2, 0.25) is 0 Å². The summed E-state index contributed by atoms with van der Waals surface area (Å²) in [5.74, 6) is 0. The van der Waals surface area contributed by atoms with E-state index in [-0.39, 0.29) is 0 Å². The Bertz CT molecular complexity index is 837. The van der Waals surface area contributed by atoms with Crippen LogP contribution >= 0.6 is 22.7 Å². The van der Waals surface area contributed by atoms with Crippen molar-refractivity contribution < 1.29 is 0 Å². The Morgan fingerprint density at radius 1 is 1.00 bits per heavy atom. The van der Waals surface area contributed by atoms with Crippen molar-refractivity contribution in [3.63, 3.8) is 0 Å². The quantitative estimate of drug-likeness (QED) is 0.358. The van der Waals surface area contributed by atoms with Crippen LogP contribution in [-0.2, 0) is 6.42 Å². The van der Waals surface area contributed by atoms with Crippen molar-refractivity contribution in [2.75, 3.05) is 0 Å². The van der Waals surface area contributed by atoms with Crippen LogP contribution in [0.25, 0.3) is 15.8 Å². The highest BCUT2D eigenvalue weighted by molar-refractivity contribution is 7.22. The zero-order valence-corrected chi connectivity index (χ0v) is 16.4. The lowest BCUT2D eigenvalue weighted by Gasteiger charge is -1.99. The minimum absolute atomic E-state index is 1.20. The van der Waals surface area contributed by atoms with Gasteiger partial charge in [-0.25, -0.2) is 0 Å². The van der Waals surface area contributed by atoms with Gasteiger partial charge in [0, 0.05) is 19.5 Å². The van der Waals surface area contributed by atoms with Crippen molar-refractivity contribution in [1.29, 1.82) is 0 Å². The maximum atomic E-state index is 3.46. The lowest BCUT2D eigenvalue weighted by Crippen LogP contribution is -1.84. The summed E-state index contributed by atoms with van der Waals surface area (Å²) < 4.78 is 0. The average molecular weight is 353 g/mol. The number of unbranched alkanes of at least 4 members (excludes halogenated alkanes) is 3. The van der Waals surface area contributed by atoms with Gasteiger partial charge < -0.3 is 0 Å². The molecule has 0 nitrogen and oxygen atoms in total. The predicted molar refractivity (Wildman–Crippen MR) is 109 cm³/mol. The van der Waals surface area contributed by atoms with Crippen molar-refractivity contribution in [3.8, 4) is 9.75 Å². The number of thiophene rings is 2. The largest absolute Gasteiger partial charge is 0.139 e. The zero-order chi connectivity index (χ0) is 17.4. The van der Waals surface area contributed by atoms with E-state index in [0.717, 1.165) is 0 Å². The van der Waals surface area contributed by atoms with E-state index in [9.17, 15) is 0 Å². The van der Waals surface area contributed by atoms with E-state index in [1.54, 1.807) is 0 Å². The summed E-state index contributed by atoms with van der Waals surface area (Å²) in [5.41, 5.74) is 13.7. The third-order valence-corrected chi connectivity index (χ3v) is 6.32. The standard InChI is InChI=1S/C22H24S2/c1-5-7-9-11-13-19-15-21(23-17(19)3)22-16-20(18(4)24-22)14-12-10-8-6-2/h13,15-16H,1,6,8,10,12,14H2,2-4H3. The molecule has 0 saturated carbocycles. The molecular formula is C22H24S2. The van der Waals surface area contributed by atoms with Crippen LogP contribution in [0.4, 0.5) is 0 Å². The first-order valence-corrected chi connectivity index (χ1v) is 10.1. The van der Waals surface area contributed by atoms with E-state index < -0.39 is 0 Å². The molecule has 0 saturated heterocycles. The normalized spacial score (nSPS) is 9.79. The van der Waals surface area contributed by atoms with Crippen LogP contribution in [0, 0.1) is 13.8 Å². The SMILES string of the molecule is C=C=C=C=C=Cc1cc(-c2cc(CCCCCC)c(C)s2)sc1C. The Morgan fingerprint density at radius 2 is 1.75 bits per heavy atom. The predicted octanol–water partition coefficient (Wildman–Crippen LogP) is 7.48. The molecule has 0 aliphatic carbocycles. The molecule has 2 heterocycles. The molecule has 2 aromatic rings. The van der Waals surface area contributed by atoms with Crippen LogP contribution < -0.4 is 0 Å². The van der Waals surface area contributed by atoms with Crippen molar-refractivity contribution in [2.24, 2.45) is 0 Å². The molecule has 0 bridgehead atoms. The molecule has 0 aromatic carbocycles. The van der Waals surface area contributed by atoms with Crippen LogP contribution in [0.3, 0.4) is 0 Å². The maximum absolute atomic E-state index is 3.46. The highest BCUT2D eigenvalue weighted by atomic mass is 32.1. The second-order valence-electron chi connectivity index (χ2n) is 5.84. The average Bonchev–Trinajstić information content (AvgIpc) is 3.12. The topological polar surface area (TPSA) is 0 Å². The molecule has 2 heteroatoms. The van der Waals surface area contributed by atoms with E-state index in [1.807, 2.05) is 28.7 Å². The summed E-state index contributed by atoms with van der Waals surface area (Å²) in [6.07, 6.45) is 8.44. The van der Waals surface area contributed by atoms with Gasteiger partial charge in [-0.2, -0.15) is 0 Å². The van der Waals surface area contributed by atoms with Crippen molar-refractivity contribution in [1.82, 2.24) is 0 Å². The Morgan fingerprint density at radius 3 is 2.50 bits per heavy atom. The van der Waals surface area contributed by atoms with E-state index >= 15 is 0 Å². The van der Waals surface area contributed by atoms with E-state index in [0.29, 0.717) is 0 Å². The van der Waals surface area contributed by atoms with Gasteiger partial charge in [0.1, 0.15) is 0 Å². The van der Waals surface area contributed by atoms with Gasteiger partial charge in [0.15, 0.2) is 0 Å². The highest BCUT2D eigenvalue weighted by Gasteiger charge is 2.11. The molecule has 2 rings (SSSR count). The molecule has 0 amide bonds. The third kappa shape index (κ3) is 5.13. The van der Waals surface area contributed by atoms with Gasteiger partial charge in [-0.3, -0.25) is 0 Å². The Balaban J connectivity index is 2.19. The first-order valence-electron chi connectivity index (χ1n) is 8.46. The fourth-order valence-electron chi connectivity index (χ4n) is 2.59. The van der Waals surface area contributed by atoms with Gasteiger partial charge in [-0.1, -0.05) is 37.6 Å². The lowest BCUT2D eigenvalue weighted by atomic mass is 10.1. The Labute approximate surface area is 153 Å². The number of aryl methyl sites for hydroxylation is 3. The minimum atomic E-state index is 1.20. The molecule has 0 fully saturated rings. The summed E-state index contributed by atoms with van der Waals surface area (Å²) >= 11 is 3.76. The zero-order valence-electron chi connectivity index (χ0n) is 14.8. The summed E-state index contributed by atoms with van der Waals surface area (Å²) in [4.78, 5) is 5.49. The lowest BCUT2D eigenvalue weighted by molar-refractivity contribution is 0.666. The van der Waals surface area contributed by atoms with E-state index in [1.165, 1.54) is 62.7 Å². The van der Waals surface area contributed by atoms with Crippen LogP contribution in [0.5, 0.6) is 0 Å². The smallest absolute Gasteiger partial charge is 0.0451 e. The van der Waals surface area contributed by atoms with E-state index in [4.69, 9.17) is 0 Å². The van der Waals surface area contributed by atoms with Crippen LogP contribution in [0.1, 0.15) is 53.5 Å². The van der Waals surface area contributed by atoms with Crippen molar-refractivity contribution >= 4 is 28.7 Å². The van der Waals surface area contributed by atoms with Gasteiger partial charge in [0.2, 0.25) is 0 Å². The highest BCUT2D eigenvalue weighted by Crippen LogP contribution is 2.38. The molecule has 0 aliphatic rings. The van der Waals surface area contributed by atoms with Gasteiger partial charge in [0.05, 0.1) is 0 Å². The number of hydrogen-bond acceptors (Lipinski definition) is 2. The third-order valence-electron chi connectivity index (χ3n) is 3.97. The fourth-order valence-corrected chi connectivity index (χ4v) is 4.73. The number of rotatable bonds is 7. The first-order chi connectivity index (χ1) is 11.7. The summed E-state index contributed by atoms with van der Waals surface area (Å²) in [6, 6.07) is 4.64. The van der Waals surface area contributed by atoms with Gasteiger partial charge in [-0.15, -0.1) is 22.7 Å². The summed E-state index contributed by atoms with van der Waals surface area (Å²) in [6.45, 7) is 10.1. The molecule has 0 N–H and O–H groups in total. The second-order valence-corrected chi connectivity index (χ2v) is 8.35. The van der Waals surface area contributed by atoms with E-state index in [2.05, 4.69) is 62.4 Å². The van der Waals surface area contributed by atoms with Crippen molar-refractivity contribution in [3.05, 3.63) is 62.5 Å². The molecule has 0 atom stereocenters. The fraction of sp³-hybridized carbons (Fsp3) is 0.364. The Hall–Kier alpha value is -1.74. The van der Waals surface area contributed by atoms with Gasteiger partial charge >= 0.3 is 0 Å². The molecule has 24 heavy (non-hydrogen) atoms. The first kappa shape index (κ1) is 18.6. The molecule has 0 unspecified atom stereocenters. The molecule has 2 aromatic heterocycles. The maximum Gasteiger partial charge on any atom is 0.0451 e.